The van der Waals surface area contributed by atoms with Gasteiger partial charge in [0.05, 0.1) is 11.4 Å². The normalized spacial score (nSPS) is 11.7. The van der Waals surface area contributed by atoms with Gasteiger partial charge in [-0.2, -0.15) is 0 Å². The largest absolute Gasteiger partial charge is 0.245 e. The Morgan fingerprint density at radius 2 is 2.28 bits per heavy atom. The molecule has 5 nitrogen and oxygen atoms in total. The highest BCUT2D eigenvalue weighted by Gasteiger charge is 2.15. The summed E-state index contributed by atoms with van der Waals surface area (Å²) in [4.78, 5) is 8.01. The third kappa shape index (κ3) is 3.26. The second-order valence-corrected chi connectivity index (χ2v) is 6.62. The number of thiazole rings is 1. The van der Waals surface area contributed by atoms with Crippen LogP contribution in [0.15, 0.2) is 28.6 Å². The molecule has 0 atom stereocenters. The Kier molecular flexibility index (Phi) is 3.96. The smallest absolute Gasteiger partial charge is 0.241 e. The van der Waals surface area contributed by atoms with E-state index in [-0.39, 0.29) is 16.6 Å². The average molecular weight is 304 g/mol. The van der Waals surface area contributed by atoms with Crippen molar-refractivity contribution in [3.05, 3.63) is 39.6 Å². The predicted octanol–water partition coefficient (Wildman–Crippen LogP) is 1.98. The zero-order valence-electron chi connectivity index (χ0n) is 9.42. The van der Waals surface area contributed by atoms with Crippen molar-refractivity contribution in [2.75, 3.05) is 0 Å². The van der Waals surface area contributed by atoms with Gasteiger partial charge in [-0.05, 0) is 19.1 Å². The number of pyridine rings is 1. The highest BCUT2D eigenvalue weighted by molar-refractivity contribution is 7.89. The van der Waals surface area contributed by atoms with Crippen LogP contribution in [0.5, 0.6) is 0 Å². The molecule has 0 spiro atoms. The van der Waals surface area contributed by atoms with Crippen molar-refractivity contribution in [1.29, 1.82) is 0 Å². The molecule has 18 heavy (non-hydrogen) atoms. The molecule has 0 saturated heterocycles. The lowest BCUT2D eigenvalue weighted by atomic mass is 10.5. The topological polar surface area (TPSA) is 72.0 Å². The van der Waals surface area contributed by atoms with Gasteiger partial charge in [0, 0.05) is 17.3 Å². The van der Waals surface area contributed by atoms with E-state index in [4.69, 9.17) is 11.6 Å². The Morgan fingerprint density at radius 3 is 2.89 bits per heavy atom. The second kappa shape index (κ2) is 5.31. The van der Waals surface area contributed by atoms with E-state index >= 15 is 0 Å². The fourth-order valence-corrected chi connectivity index (χ4v) is 3.32. The maximum Gasteiger partial charge on any atom is 0.241 e. The summed E-state index contributed by atoms with van der Waals surface area (Å²) in [6.45, 7) is 2.03. The number of hydrogen-bond acceptors (Lipinski definition) is 5. The molecule has 0 aromatic carbocycles. The molecule has 96 valence electrons. The summed E-state index contributed by atoms with van der Waals surface area (Å²) in [5, 5.41) is 2.73. The minimum atomic E-state index is -3.58. The molecule has 0 aliphatic rings. The molecular formula is C10H10ClN3O2S2. The molecule has 0 amide bonds. The molecule has 0 aliphatic carbocycles. The fraction of sp³-hybridized carbons (Fsp3) is 0.200. The summed E-state index contributed by atoms with van der Waals surface area (Å²) in [7, 11) is -3.58. The van der Waals surface area contributed by atoms with Crippen molar-refractivity contribution in [3.63, 3.8) is 0 Å². The Balaban J connectivity index is 2.13. The zero-order chi connectivity index (χ0) is 13.2. The summed E-state index contributed by atoms with van der Waals surface area (Å²) < 4.78 is 26.4. The second-order valence-electron chi connectivity index (χ2n) is 3.52. The van der Waals surface area contributed by atoms with Gasteiger partial charge in [0.15, 0.2) is 0 Å². The molecule has 2 aromatic rings. The van der Waals surface area contributed by atoms with Crippen molar-refractivity contribution in [3.8, 4) is 0 Å². The van der Waals surface area contributed by atoms with E-state index in [0.717, 1.165) is 10.7 Å². The van der Waals surface area contributed by atoms with Gasteiger partial charge in [-0.3, -0.25) is 0 Å². The molecule has 2 aromatic heterocycles. The highest BCUT2D eigenvalue weighted by Crippen LogP contribution is 2.14. The third-order valence-corrected chi connectivity index (χ3v) is 4.66. The monoisotopic (exact) mass is 303 g/mol. The van der Waals surface area contributed by atoms with Gasteiger partial charge in [-0.25, -0.2) is 23.1 Å². The Labute approximate surface area is 114 Å². The predicted molar refractivity (Wildman–Crippen MR) is 70.1 cm³/mol. The van der Waals surface area contributed by atoms with Crippen molar-refractivity contribution >= 4 is 33.0 Å². The van der Waals surface area contributed by atoms with E-state index in [1.165, 1.54) is 29.7 Å². The maximum atomic E-state index is 11.9. The first-order valence-electron chi connectivity index (χ1n) is 4.99. The summed E-state index contributed by atoms with van der Waals surface area (Å²) >= 11 is 7.07. The fourth-order valence-electron chi connectivity index (χ4n) is 1.28. The maximum absolute atomic E-state index is 11.9. The number of aryl methyl sites for hydroxylation is 1. The third-order valence-electron chi connectivity index (χ3n) is 2.09. The van der Waals surface area contributed by atoms with Crippen LogP contribution in [0.3, 0.4) is 0 Å². The van der Waals surface area contributed by atoms with Gasteiger partial charge in [-0.15, -0.1) is 11.3 Å². The van der Waals surface area contributed by atoms with Gasteiger partial charge in [-0.1, -0.05) is 11.6 Å². The lowest BCUT2D eigenvalue weighted by molar-refractivity contribution is 0.581. The average Bonchev–Trinajstić information content (AvgIpc) is 2.73. The number of rotatable bonds is 4. The van der Waals surface area contributed by atoms with E-state index in [2.05, 4.69) is 14.7 Å². The lowest BCUT2D eigenvalue weighted by Gasteiger charge is -2.04. The van der Waals surface area contributed by atoms with Gasteiger partial charge in [0.25, 0.3) is 0 Å². The van der Waals surface area contributed by atoms with Crippen LogP contribution in [0.25, 0.3) is 0 Å². The Hall–Kier alpha value is -1.02. The SMILES string of the molecule is Cc1csc(CNS(=O)(=O)c2ccnc(Cl)c2)n1. The molecular weight excluding hydrogens is 294 g/mol. The van der Waals surface area contributed by atoms with Gasteiger partial charge in [0.2, 0.25) is 10.0 Å². The highest BCUT2D eigenvalue weighted by atomic mass is 35.5. The summed E-state index contributed by atoms with van der Waals surface area (Å²) in [6.07, 6.45) is 1.35. The molecule has 0 fully saturated rings. The quantitative estimate of drug-likeness (QED) is 0.877. The van der Waals surface area contributed by atoms with Crippen LogP contribution in [-0.4, -0.2) is 18.4 Å². The number of nitrogens with zero attached hydrogens (tertiary/aromatic N) is 2. The minimum absolute atomic E-state index is 0.0933. The molecule has 0 radical (unpaired) electrons. The first kappa shape index (κ1) is 13.4. The van der Waals surface area contributed by atoms with Crippen LogP contribution >= 0.6 is 22.9 Å². The van der Waals surface area contributed by atoms with Crippen LogP contribution in [-0.2, 0) is 16.6 Å². The standard InChI is InChI=1S/C10H10ClN3O2S2/c1-7-6-17-10(14-7)5-13-18(15,16)8-2-3-12-9(11)4-8/h2-4,6,13H,5H2,1H3. The van der Waals surface area contributed by atoms with Gasteiger partial charge in [0.1, 0.15) is 10.2 Å². The summed E-state index contributed by atoms with van der Waals surface area (Å²) in [6, 6.07) is 2.69. The van der Waals surface area contributed by atoms with Crippen molar-refractivity contribution in [1.82, 2.24) is 14.7 Å². The summed E-state index contributed by atoms with van der Waals surface area (Å²) in [5.41, 5.74) is 0.876. The first-order chi connectivity index (χ1) is 8.47. The molecule has 2 heterocycles. The van der Waals surface area contributed by atoms with E-state index in [9.17, 15) is 8.42 Å². The minimum Gasteiger partial charge on any atom is -0.245 e. The molecule has 0 unspecified atom stereocenters. The Morgan fingerprint density at radius 1 is 1.50 bits per heavy atom. The van der Waals surface area contributed by atoms with Crippen LogP contribution in [0, 0.1) is 6.92 Å². The number of nitrogens with one attached hydrogen (secondary N) is 1. The number of hydrogen-bond donors (Lipinski definition) is 1. The molecule has 0 aliphatic heterocycles. The van der Waals surface area contributed by atoms with Crippen LogP contribution < -0.4 is 4.72 Å². The molecule has 0 bridgehead atoms. The van der Waals surface area contributed by atoms with Crippen LogP contribution in [0.4, 0.5) is 0 Å². The first-order valence-corrected chi connectivity index (χ1v) is 7.74. The Bertz CT molecular complexity index is 655. The molecule has 1 N–H and O–H groups in total. The molecule has 2 rings (SSSR count). The van der Waals surface area contributed by atoms with E-state index < -0.39 is 10.0 Å². The van der Waals surface area contributed by atoms with Crippen LogP contribution in [0.2, 0.25) is 5.15 Å². The van der Waals surface area contributed by atoms with Crippen molar-refractivity contribution < 1.29 is 8.42 Å². The lowest BCUT2D eigenvalue weighted by Crippen LogP contribution is -2.23. The van der Waals surface area contributed by atoms with E-state index in [1.54, 1.807) is 0 Å². The van der Waals surface area contributed by atoms with Crippen molar-refractivity contribution in [2.24, 2.45) is 0 Å². The van der Waals surface area contributed by atoms with Gasteiger partial charge >= 0.3 is 0 Å². The number of sulfonamides is 1. The van der Waals surface area contributed by atoms with Crippen molar-refractivity contribution in [2.45, 2.75) is 18.4 Å². The summed E-state index contributed by atoms with van der Waals surface area (Å²) in [5.74, 6) is 0. The van der Waals surface area contributed by atoms with E-state index in [0.29, 0.717) is 0 Å². The molecule has 0 saturated carbocycles. The van der Waals surface area contributed by atoms with Gasteiger partial charge < -0.3 is 0 Å². The van der Waals surface area contributed by atoms with Crippen LogP contribution in [0.1, 0.15) is 10.7 Å². The zero-order valence-corrected chi connectivity index (χ0v) is 11.8. The number of halogens is 1. The number of aromatic nitrogens is 2. The van der Waals surface area contributed by atoms with E-state index in [1.807, 2.05) is 12.3 Å². The molecule has 8 heteroatoms.